The maximum absolute atomic E-state index is 3.78. The fraction of sp³-hybridized carbons (Fsp3) is 1.00. The largest absolute Gasteiger partial charge is 0.311 e. The van der Waals surface area contributed by atoms with Crippen molar-refractivity contribution < 1.29 is 0 Å². The van der Waals surface area contributed by atoms with Crippen molar-refractivity contribution in [2.45, 2.75) is 58.5 Å². The van der Waals surface area contributed by atoms with Crippen LogP contribution in [0.1, 0.15) is 47.0 Å². The average molecular weight is 273 g/mol. The summed E-state index contributed by atoms with van der Waals surface area (Å²) >= 11 is 1.97. The van der Waals surface area contributed by atoms with Crippen molar-refractivity contribution >= 4 is 11.8 Å². The summed E-state index contributed by atoms with van der Waals surface area (Å²) in [5.74, 6) is 2.08. The summed E-state index contributed by atoms with van der Waals surface area (Å²) in [6, 6.07) is 0.684. The zero-order valence-electron chi connectivity index (χ0n) is 13.0. The molecule has 0 aromatic rings. The minimum Gasteiger partial charge on any atom is -0.311 e. The third-order valence-corrected chi connectivity index (χ3v) is 5.49. The third kappa shape index (κ3) is 4.14. The van der Waals surface area contributed by atoms with Gasteiger partial charge in [-0.3, -0.25) is 4.90 Å². The number of hydrogen-bond donors (Lipinski definition) is 1. The van der Waals surface area contributed by atoms with Crippen LogP contribution in [0, 0.1) is 5.92 Å². The van der Waals surface area contributed by atoms with Crippen molar-refractivity contribution in [2.75, 3.05) is 31.6 Å². The number of rotatable bonds is 7. The molecule has 1 N–H and O–H groups in total. The van der Waals surface area contributed by atoms with Crippen LogP contribution in [0.2, 0.25) is 0 Å². The van der Waals surface area contributed by atoms with E-state index < -0.39 is 0 Å². The van der Waals surface area contributed by atoms with Crippen LogP contribution in [0.3, 0.4) is 0 Å². The molecule has 2 nitrogen and oxygen atoms in total. The van der Waals surface area contributed by atoms with Crippen LogP contribution in [-0.4, -0.2) is 48.1 Å². The first-order valence-electron chi connectivity index (χ1n) is 7.54. The van der Waals surface area contributed by atoms with Gasteiger partial charge in [-0.15, -0.1) is 0 Å². The van der Waals surface area contributed by atoms with E-state index >= 15 is 0 Å². The maximum atomic E-state index is 3.78. The first-order valence-corrected chi connectivity index (χ1v) is 8.94. The molecule has 0 saturated carbocycles. The zero-order valence-corrected chi connectivity index (χ0v) is 13.8. The van der Waals surface area contributed by atoms with E-state index in [2.05, 4.69) is 44.2 Å². The van der Waals surface area contributed by atoms with Gasteiger partial charge in [0, 0.05) is 24.7 Å². The van der Waals surface area contributed by atoms with Gasteiger partial charge in [0.05, 0.1) is 0 Å². The fourth-order valence-electron chi connectivity index (χ4n) is 2.76. The summed E-state index contributed by atoms with van der Waals surface area (Å²) in [4.78, 5) is 2.75. The highest BCUT2D eigenvalue weighted by Crippen LogP contribution is 2.26. The van der Waals surface area contributed by atoms with E-state index in [9.17, 15) is 0 Å². The van der Waals surface area contributed by atoms with Crippen molar-refractivity contribution in [2.24, 2.45) is 5.92 Å². The average Bonchev–Trinajstić information content (AvgIpc) is 2.40. The first kappa shape index (κ1) is 16.3. The van der Waals surface area contributed by atoms with Gasteiger partial charge in [-0.2, -0.15) is 11.8 Å². The van der Waals surface area contributed by atoms with Crippen LogP contribution in [0.15, 0.2) is 0 Å². The maximum Gasteiger partial charge on any atom is 0.0303 e. The Morgan fingerprint density at radius 2 is 2.17 bits per heavy atom. The zero-order chi connectivity index (χ0) is 13.6. The molecular weight excluding hydrogens is 240 g/mol. The lowest BCUT2D eigenvalue weighted by atomic mass is 9.88. The Morgan fingerprint density at radius 3 is 2.72 bits per heavy atom. The molecule has 18 heavy (non-hydrogen) atoms. The molecule has 1 saturated heterocycles. The highest BCUT2D eigenvalue weighted by Gasteiger charge is 2.36. The van der Waals surface area contributed by atoms with Crippen LogP contribution in [0.4, 0.5) is 0 Å². The van der Waals surface area contributed by atoms with E-state index in [0.29, 0.717) is 11.6 Å². The normalized spacial score (nSPS) is 31.5. The summed E-state index contributed by atoms with van der Waals surface area (Å²) in [7, 11) is 0. The van der Waals surface area contributed by atoms with Gasteiger partial charge < -0.3 is 5.32 Å². The highest BCUT2D eigenvalue weighted by molar-refractivity contribution is 7.98. The van der Waals surface area contributed by atoms with Crippen LogP contribution in [0.25, 0.3) is 0 Å². The lowest BCUT2D eigenvalue weighted by Crippen LogP contribution is -2.64. The molecule has 1 fully saturated rings. The van der Waals surface area contributed by atoms with Gasteiger partial charge in [0.2, 0.25) is 0 Å². The van der Waals surface area contributed by atoms with Gasteiger partial charge >= 0.3 is 0 Å². The first-order chi connectivity index (χ1) is 8.57. The predicted molar refractivity (Wildman–Crippen MR) is 84.5 cm³/mol. The quantitative estimate of drug-likeness (QED) is 0.716. The lowest BCUT2D eigenvalue weighted by molar-refractivity contribution is 0.0367. The molecule has 0 amide bonds. The minimum absolute atomic E-state index is 0.363. The van der Waals surface area contributed by atoms with Gasteiger partial charge in [0.25, 0.3) is 0 Å². The van der Waals surface area contributed by atoms with Crippen molar-refractivity contribution in [1.82, 2.24) is 10.2 Å². The Balaban J connectivity index is 2.58. The van der Waals surface area contributed by atoms with Crippen molar-refractivity contribution in [1.29, 1.82) is 0 Å². The molecular formula is C15H32N2S. The Bertz CT molecular complexity index is 235. The lowest BCUT2D eigenvalue weighted by Gasteiger charge is -2.49. The van der Waals surface area contributed by atoms with E-state index in [1.807, 2.05) is 11.8 Å². The molecule has 1 aliphatic rings. The number of nitrogens with zero attached hydrogens (tertiary/aromatic N) is 1. The van der Waals surface area contributed by atoms with Crippen LogP contribution < -0.4 is 5.32 Å². The van der Waals surface area contributed by atoms with Crippen molar-refractivity contribution in [3.8, 4) is 0 Å². The summed E-state index contributed by atoms with van der Waals surface area (Å²) in [5.41, 5.74) is 0.363. The second-order valence-corrected chi connectivity index (χ2v) is 7.00. The molecule has 0 aromatic carbocycles. The monoisotopic (exact) mass is 272 g/mol. The van der Waals surface area contributed by atoms with Gasteiger partial charge in [0.1, 0.15) is 0 Å². The Morgan fingerprint density at radius 1 is 1.44 bits per heavy atom. The molecule has 3 atom stereocenters. The second kappa shape index (κ2) is 7.76. The Hall–Kier alpha value is 0.270. The molecule has 0 aliphatic carbocycles. The SMILES string of the molecule is CCC(C)C1CN(CCCSC)C(C)(CC)CN1. The summed E-state index contributed by atoms with van der Waals surface area (Å²) in [5, 5.41) is 3.78. The molecule has 1 heterocycles. The van der Waals surface area contributed by atoms with Crippen LogP contribution in [0.5, 0.6) is 0 Å². The number of thioether (sulfide) groups is 1. The third-order valence-electron chi connectivity index (χ3n) is 4.79. The number of piperazine rings is 1. The van der Waals surface area contributed by atoms with Crippen LogP contribution >= 0.6 is 11.8 Å². The van der Waals surface area contributed by atoms with E-state index in [1.165, 1.54) is 38.1 Å². The van der Waals surface area contributed by atoms with Gasteiger partial charge in [-0.25, -0.2) is 0 Å². The minimum atomic E-state index is 0.363. The fourth-order valence-corrected chi connectivity index (χ4v) is 3.18. The molecule has 1 rings (SSSR count). The summed E-state index contributed by atoms with van der Waals surface area (Å²) in [6.45, 7) is 13.1. The Kier molecular flexibility index (Phi) is 7.04. The topological polar surface area (TPSA) is 15.3 Å². The van der Waals surface area contributed by atoms with Gasteiger partial charge in [-0.1, -0.05) is 27.2 Å². The van der Waals surface area contributed by atoms with Gasteiger partial charge in [0.15, 0.2) is 0 Å². The Labute approximate surface area is 118 Å². The van der Waals surface area contributed by atoms with E-state index in [0.717, 1.165) is 12.5 Å². The number of hydrogen-bond acceptors (Lipinski definition) is 3. The van der Waals surface area contributed by atoms with Crippen molar-refractivity contribution in [3.63, 3.8) is 0 Å². The second-order valence-electron chi connectivity index (χ2n) is 6.02. The summed E-state index contributed by atoms with van der Waals surface area (Å²) < 4.78 is 0. The molecule has 0 spiro atoms. The van der Waals surface area contributed by atoms with E-state index in [4.69, 9.17) is 0 Å². The molecule has 3 heteroatoms. The highest BCUT2D eigenvalue weighted by atomic mass is 32.2. The molecule has 0 aromatic heterocycles. The standard InChI is InChI=1S/C15H32N2S/c1-6-13(3)14-11-17(9-8-10-18-5)15(4,7-2)12-16-14/h13-14,16H,6-12H2,1-5H3. The molecule has 108 valence electrons. The van der Waals surface area contributed by atoms with Crippen molar-refractivity contribution in [3.05, 3.63) is 0 Å². The molecule has 0 radical (unpaired) electrons. The van der Waals surface area contributed by atoms with Gasteiger partial charge in [-0.05, 0) is 44.2 Å². The smallest absolute Gasteiger partial charge is 0.0303 e. The molecule has 3 unspecified atom stereocenters. The molecule has 1 aliphatic heterocycles. The van der Waals surface area contributed by atoms with Crippen LogP contribution in [-0.2, 0) is 0 Å². The number of nitrogens with one attached hydrogen (secondary N) is 1. The predicted octanol–water partition coefficient (Wildman–Crippen LogP) is 3.23. The summed E-state index contributed by atoms with van der Waals surface area (Å²) in [6.07, 6.45) is 6.05. The van der Waals surface area contributed by atoms with E-state index in [-0.39, 0.29) is 0 Å². The molecule has 0 bridgehead atoms. The van der Waals surface area contributed by atoms with E-state index in [1.54, 1.807) is 0 Å².